The summed E-state index contributed by atoms with van der Waals surface area (Å²) in [7, 11) is -0.137. The second-order valence-corrected chi connectivity index (χ2v) is 5.75. The van der Waals surface area contributed by atoms with Gasteiger partial charge in [-0.1, -0.05) is 23.7 Å². The molecule has 0 fully saturated rings. The van der Waals surface area contributed by atoms with Crippen molar-refractivity contribution < 1.29 is 13.0 Å². The van der Waals surface area contributed by atoms with Crippen molar-refractivity contribution in [3.8, 4) is 0 Å². The van der Waals surface area contributed by atoms with E-state index in [0.29, 0.717) is 11.7 Å². The Labute approximate surface area is 113 Å². The zero-order chi connectivity index (χ0) is 13.1. The van der Waals surface area contributed by atoms with Crippen LogP contribution in [0, 0.1) is 0 Å². The van der Waals surface area contributed by atoms with E-state index in [1.807, 2.05) is 24.3 Å². The maximum atomic E-state index is 8.95. The summed E-state index contributed by atoms with van der Waals surface area (Å²) in [6.07, 6.45) is 0. The van der Waals surface area contributed by atoms with Crippen LogP contribution in [0.2, 0.25) is 0 Å². The van der Waals surface area contributed by atoms with Crippen LogP contribution in [0.15, 0.2) is 29.3 Å². The Balaban J connectivity index is 0.000000249. The van der Waals surface area contributed by atoms with Gasteiger partial charge in [0.15, 0.2) is 0 Å². The molecule has 0 aliphatic carbocycles. The van der Waals surface area contributed by atoms with Gasteiger partial charge in [0.2, 0.25) is 0 Å². The van der Waals surface area contributed by atoms with Crippen molar-refractivity contribution in [2.45, 2.75) is 0 Å². The molecule has 0 amide bonds. The SMILES string of the molecule is ClC1=Nc2ccccc2N(Cl)C1.O=S(=O)(O)Cl. The predicted molar refractivity (Wildman–Crippen MR) is 70.0 cm³/mol. The third-order valence-electron chi connectivity index (χ3n) is 1.65. The lowest BCUT2D eigenvalue weighted by Gasteiger charge is -2.20. The predicted octanol–water partition coefficient (Wildman–Crippen LogP) is 2.96. The lowest BCUT2D eigenvalue weighted by molar-refractivity contribution is 0.501. The molecule has 0 unspecified atom stereocenters. The van der Waals surface area contributed by atoms with E-state index in [0.717, 1.165) is 11.4 Å². The minimum absolute atomic E-state index is 0.472. The van der Waals surface area contributed by atoms with Crippen molar-refractivity contribution in [3.05, 3.63) is 24.3 Å². The monoisotopic (exact) mass is 316 g/mol. The molecular formula is C8H7Cl3N2O3S. The highest BCUT2D eigenvalue weighted by Gasteiger charge is 2.15. The summed E-state index contributed by atoms with van der Waals surface area (Å²) in [6, 6.07) is 7.62. The van der Waals surface area contributed by atoms with Crippen LogP contribution in [0.1, 0.15) is 0 Å². The molecule has 17 heavy (non-hydrogen) atoms. The second kappa shape index (κ2) is 5.88. The summed E-state index contributed by atoms with van der Waals surface area (Å²) in [4.78, 5) is 4.15. The Morgan fingerprint density at radius 2 is 1.88 bits per heavy atom. The molecule has 94 valence electrons. The van der Waals surface area contributed by atoms with Gasteiger partial charge in [-0.2, -0.15) is 8.42 Å². The minimum atomic E-state index is -4.19. The molecule has 1 aromatic carbocycles. The number of anilines is 1. The molecular weight excluding hydrogens is 311 g/mol. The van der Waals surface area contributed by atoms with Crippen molar-refractivity contribution >= 4 is 59.9 Å². The largest absolute Gasteiger partial charge is 0.353 e. The van der Waals surface area contributed by atoms with Crippen LogP contribution in [0.25, 0.3) is 0 Å². The highest BCUT2D eigenvalue weighted by molar-refractivity contribution is 8.09. The van der Waals surface area contributed by atoms with Crippen LogP contribution in [0.3, 0.4) is 0 Å². The van der Waals surface area contributed by atoms with E-state index in [2.05, 4.69) is 15.7 Å². The van der Waals surface area contributed by atoms with E-state index in [9.17, 15) is 0 Å². The number of para-hydroxylation sites is 2. The Hall–Kier alpha value is -0.530. The molecule has 0 saturated carbocycles. The highest BCUT2D eigenvalue weighted by Crippen LogP contribution is 2.33. The molecule has 0 bridgehead atoms. The number of aliphatic imine (C=N–C) groups is 1. The lowest BCUT2D eigenvalue weighted by Crippen LogP contribution is -2.20. The normalized spacial score (nSPS) is 14.4. The van der Waals surface area contributed by atoms with E-state index in [1.54, 1.807) is 4.42 Å². The summed E-state index contributed by atoms with van der Waals surface area (Å²) < 4.78 is 26.7. The Morgan fingerprint density at radius 1 is 1.35 bits per heavy atom. The van der Waals surface area contributed by atoms with Gasteiger partial charge in [-0.05, 0) is 12.1 Å². The third kappa shape index (κ3) is 5.56. The van der Waals surface area contributed by atoms with Gasteiger partial charge in [-0.3, -0.25) is 8.97 Å². The first-order chi connectivity index (χ1) is 7.77. The van der Waals surface area contributed by atoms with Crippen LogP contribution >= 0.6 is 34.1 Å². The average molecular weight is 318 g/mol. The first-order valence-electron chi connectivity index (χ1n) is 4.20. The minimum Gasteiger partial charge on any atom is -0.276 e. The van der Waals surface area contributed by atoms with Crippen LogP contribution in [0.4, 0.5) is 11.4 Å². The highest BCUT2D eigenvalue weighted by atomic mass is 35.7. The maximum absolute atomic E-state index is 8.95. The smallest absolute Gasteiger partial charge is 0.276 e. The van der Waals surface area contributed by atoms with E-state index in [-0.39, 0.29) is 0 Å². The van der Waals surface area contributed by atoms with Crippen LogP contribution in [-0.4, -0.2) is 24.7 Å². The van der Waals surface area contributed by atoms with Gasteiger partial charge >= 0.3 is 9.33 Å². The van der Waals surface area contributed by atoms with Gasteiger partial charge in [0.05, 0.1) is 17.9 Å². The fraction of sp³-hybridized carbons (Fsp3) is 0.125. The summed E-state index contributed by atoms with van der Waals surface area (Å²) in [5, 5.41) is 0.517. The zero-order valence-corrected chi connectivity index (χ0v) is 11.3. The topological polar surface area (TPSA) is 70.0 Å². The molecule has 2 rings (SSSR count). The number of hydrogen-bond acceptors (Lipinski definition) is 4. The van der Waals surface area contributed by atoms with Gasteiger partial charge in [-0.15, -0.1) is 0 Å². The van der Waals surface area contributed by atoms with Crippen molar-refractivity contribution in [3.63, 3.8) is 0 Å². The maximum Gasteiger partial charge on any atom is 0.353 e. The molecule has 1 aromatic rings. The lowest BCUT2D eigenvalue weighted by atomic mass is 10.2. The van der Waals surface area contributed by atoms with Crippen LogP contribution in [0.5, 0.6) is 0 Å². The molecule has 0 atom stereocenters. The molecule has 0 radical (unpaired) electrons. The molecule has 5 nitrogen and oxygen atoms in total. The molecule has 9 heteroatoms. The molecule has 1 N–H and O–H groups in total. The quantitative estimate of drug-likeness (QED) is 0.454. The second-order valence-electron chi connectivity index (χ2n) is 2.91. The number of halogens is 3. The molecule has 1 aliphatic heterocycles. The van der Waals surface area contributed by atoms with Gasteiger partial charge in [-0.25, -0.2) is 4.99 Å². The van der Waals surface area contributed by atoms with E-state index >= 15 is 0 Å². The fourth-order valence-electron chi connectivity index (χ4n) is 1.13. The summed E-state index contributed by atoms with van der Waals surface area (Å²) in [5.74, 6) is 0. The van der Waals surface area contributed by atoms with Crippen molar-refractivity contribution in [2.75, 3.05) is 11.0 Å². The number of hydrogen-bond donors (Lipinski definition) is 1. The number of rotatable bonds is 0. The number of benzene rings is 1. The van der Waals surface area contributed by atoms with E-state index in [4.69, 9.17) is 36.3 Å². The Bertz CT molecular complexity index is 525. The zero-order valence-electron chi connectivity index (χ0n) is 8.22. The van der Waals surface area contributed by atoms with Gasteiger partial charge < -0.3 is 0 Å². The summed E-state index contributed by atoms with van der Waals surface area (Å²) >= 11 is 11.7. The molecule has 1 aliphatic rings. The summed E-state index contributed by atoms with van der Waals surface area (Å²) in [6.45, 7) is 0.472. The number of nitrogens with zero attached hydrogens (tertiary/aromatic N) is 2. The van der Waals surface area contributed by atoms with Crippen molar-refractivity contribution in [1.29, 1.82) is 0 Å². The van der Waals surface area contributed by atoms with Gasteiger partial charge in [0.25, 0.3) is 0 Å². The molecule has 0 spiro atoms. The van der Waals surface area contributed by atoms with Gasteiger partial charge in [0, 0.05) is 22.5 Å². The third-order valence-corrected chi connectivity index (χ3v) is 2.16. The van der Waals surface area contributed by atoms with E-state index < -0.39 is 9.33 Å². The van der Waals surface area contributed by atoms with Crippen molar-refractivity contribution in [1.82, 2.24) is 0 Å². The Kier molecular flexibility index (Phi) is 5.03. The summed E-state index contributed by atoms with van der Waals surface area (Å²) in [5.41, 5.74) is 1.73. The molecule has 0 aromatic heterocycles. The number of fused-ring (bicyclic) bond motifs is 1. The van der Waals surface area contributed by atoms with E-state index in [1.165, 1.54) is 0 Å². The standard InChI is InChI=1S/C8H6Cl2N2.ClHO3S/c9-8-5-12(10)7-4-2-1-3-6(7)11-8;1-5(2,3)4/h1-4H,5H2;(H,2,3,4). The van der Waals surface area contributed by atoms with Gasteiger partial charge in [0.1, 0.15) is 5.17 Å². The van der Waals surface area contributed by atoms with Crippen LogP contribution < -0.4 is 4.42 Å². The first kappa shape index (κ1) is 14.5. The molecule has 1 heterocycles. The fourth-order valence-corrected chi connectivity index (χ4v) is 1.66. The van der Waals surface area contributed by atoms with Crippen LogP contribution in [-0.2, 0) is 9.33 Å². The molecule has 0 saturated heterocycles. The average Bonchev–Trinajstić information content (AvgIpc) is 2.14. The first-order valence-corrected chi connectivity index (χ1v) is 7.18. The van der Waals surface area contributed by atoms with Crippen molar-refractivity contribution in [2.24, 2.45) is 4.99 Å². The Morgan fingerprint density at radius 3 is 2.47 bits per heavy atom.